The first kappa shape index (κ1) is 12.9. The Labute approximate surface area is 115 Å². The van der Waals surface area contributed by atoms with Crippen LogP contribution in [0.3, 0.4) is 0 Å². The molecule has 1 unspecified atom stereocenters. The normalized spacial score (nSPS) is 18.6. The number of ether oxygens (including phenoxy) is 2. The number of carbonyl (C=O) groups is 1. The third kappa shape index (κ3) is 2.00. The van der Waals surface area contributed by atoms with E-state index in [0.29, 0.717) is 35.7 Å². The van der Waals surface area contributed by atoms with Crippen molar-refractivity contribution in [3.63, 3.8) is 0 Å². The zero-order valence-electron chi connectivity index (χ0n) is 11.3. The summed E-state index contributed by atoms with van der Waals surface area (Å²) >= 11 is 0. The lowest BCUT2D eigenvalue weighted by Crippen LogP contribution is -2.18. The molecule has 0 radical (unpaired) electrons. The molecule has 1 saturated heterocycles. The molecule has 0 aromatic carbocycles. The van der Waals surface area contributed by atoms with Crippen LogP contribution in [0.15, 0.2) is 6.20 Å². The first-order valence-electron chi connectivity index (χ1n) is 6.38. The number of pyridine rings is 1. The number of hydrogen-bond donors (Lipinski definition) is 1. The molecule has 0 saturated carbocycles. The molecule has 2 aromatic rings. The van der Waals surface area contributed by atoms with Gasteiger partial charge in [0, 0.05) is 19.7 Å². The lowest BCUT2D eigenvalue weighted by Gasteiger charge is -2.15. The van der Waals surface area contributed by atoms with E-state index in [9.17, 15) is 9.90 Å². The summed E-state index contributed by atoms with van der Waals surface area (Å²) in [4.78, 5) is 15.5. The number of aromatic nitrogens is 3. The minimum absolute atomic E-state index is 0.0560. The number of carboxylic acids is 1. The van der Waals surface area contributed by atoms with E-state index < -0.39 is 5.97 Å². The van der Waals surface area contributed by atoms with Gasteiger partial charge in [0.05, 0.1) is 24.3 Å². The van der Waals surface area contributed by atoms with Gasteiger partial charge in [0.15, 0.2) is 5.65 Å². The summed E-state index contributed by atoms with van der Waals surface area (Å²) in [5.74, 6) is -0.722. The maximum absolute atomic E-state index is 11.4. The highest BCUT2D eigenvalue weighted by molar-refractivity contribution is 5.98. The number of aryl methyl sites for hydroxylation is 2. The molecule has 1 atom stereocenters. The monoisotopic (exact) mass is 277 g/mol. The molecule has 3 heterocycles. The third-order valence-electron chi connectivity index (χ3n) is 3.38. The van der Waals surface area contributed by atoms with E-state index in [0.717, 1.165) is 6.42 Å². The van der Waals surface area contributed by atoms with Crippen LogP contribution in [-0.2, 0) is 11.8 Å². The zero-order valence-corrected chi connectivity index (χ0v) is 11.3. The smallest absolute Gasteiger partial charge is 0.341 e. The largest absolute Gasteiger partial charge is 0.486 e. The molecule has 20 heavy (non-hydrogen) atoms. The molecule has 1 aliphatic heterocycles. The van der Waals surface area contributed by atoms with Gasteiger partial charge < -0.3 is 14.6 Å². The molecule has 1 N–H and O–H groups in total. The van der Waals surface area contributed by atoms with Crippen molar-refractivity contribution in [3.8, 4) is 5.75 Å². The minimum Gasteiger partial charge on any atom is -0.486 e. The summed E-state index contributed by atoms with van der Waals surface area (Å²) in [6.45, 7) is 2.92. The van der Waals surface area contributed by atoms with Crippen LogP contribution in [0.2, 0.25) is 0 Å². The Bertz CT molecular complexity index is 674. The summed E-state index contributed by atoms with van der Waals surface area (Å²) in [6.07, 6.45) is 1.94. The number of fused-ring (bicyclic) bond motifs is 1. The van der Waals surface area contributed by atoms with Crippen LogP contribution in [0.4, 0.5) is 0 Å². The average molecular weight is 277 g/mol. The summed E-state index contributed by atoms with van der Waals surface area (Å²) in [7, 11) is 1.77. The molecule has 0 spiro atoms. The van der Waals surface area contributed by atoms with E-state index in [1.165, 1.54) is 6.20 Å². The zero-order chi connectivity index (χ0) is 14.3. The molecule has 7 heteroatoms. The van der Waals surface area contributed by atoms with Gasteiger partial charge in [0.2, 0.25) is 0 Å². The van der Waals surface area contributed by atoms with Crippen LogP contribution in [0.25, 0.3) is 11.0 Å². The van der Waals surface area contributed by atoms with Gasteiger partial charge in [-0.2, -0.15) is 5.10 Å². The fourth-order valence-electron chi connectivity index (χ4n) is 2.43. The van der Waals surface area contributed by atoms with Crippen LogP contribution in [-0.4, -0.2) is 45.2 Å². The van der Waals surface area contributed by atoms with Crippen molar-refractivity contribution in [2.75, 3.05) is 13.2 Å². The van der Waals surface area contributed by atoms with Crippen LogP contribution < -0.4 is 4.74 Å². The lowest BCUT2D eigenvalue weighted by molar-refractivity contribution is 0.0687. The van der Waals surface area contributed by atoms with Crippen LogP contribution >= 0.6 is 0 Å². The molecule has 1 aliphatic rings. The predicted octanol–water partition coefficient (Wildman–Crippen LogP) is 1.14. The molecule has 1 fully saturated rings. The van der Waals surface area contributed by atoms with E-state index in [2.05, 4.69) is 10.1 Å². The van der Waals surface area contributed by atoms with Gasteiger partial charge in [-0.3, -0.25) is 4.68 Å². The molecule has 0 bridgehead atoms. The minimum atomic E-state index is -1.06. The Morgan fingerprint density at radius 2 is 2.40 bits per heavy atom. The first-order chi connectivity index (χ1) is 9.58. The van der Waals surface area contributed by atoms with Gasteiger partial charge in [0.1, 0.15) is 17.4 Å². The Morgan fingerprint density at radius 3 is 3.05 bits per heavy atom. The second kappa shape index (κ2) is 4.75. The molecule has 0 amide bonds. The Morgan fingerprint density at radius 1 is 1.60 bits per heavy atom. The van der Waals surface area contributed by atoms with Crippen molar-refractivity contribution >= 4 is 17.0 Å². The van der Waals surface area contributed by atoms with E-state index in [1.807, 2.05) is 6.92 Å². The number of aromatic carboxylic acids is 1. The van der Waals surface area contributed by atoms with Gasteiger partial charge in [0.25, 0.3) is 0 Å². The molecular formula is C13H15N3O4. The van der Waals surface area contributed by atoms with Crippen LogP contribution in [0.5, 0.6) is 5.75 Å². The van der Waals surface area contributed by atoms with Crippen molar-refractivity contribution in [3.05, 3.63) is 17.5 Å². The number of rotatable bonds is 3. The van der Waals surface area contributed by atoms with Gasteiger partial charge in [-0.15, -0.1) is 0 Å². The summed E-state index contributed by atoms with van der Waals surface area (Å²) in [5.41, 5.74) is 1.37. The summed E-state index contributed by atoms with van der Waals surface area (Å²) in [5, 5.41) is 14.2. The van der Waals surface area contributed by atoms with Gasteiger partial charge in [-0.05, 0) is 6.92 Å². The number of carboxylic acid groups (broad SMARTS) is 1. The number of nitrogens with zero attached hydrogens (tertiary/aromatic N) is 3. The Kier molecular flexibility index (Phi) is 3.06. The molecule has 106 valence electrons. The number of hydrogen-bond acceptors (Lipinski definition) is 5. The standard InChI is InChI=1S/C13H15N3O4/c1-7-10-11(20-8-3-4-19-6-8)9(13(17)18)5-14-12(10)16(2)15-7/h5,8H,3-4,6H2,1-2H3,(H,17,18). The van der Waals surface area contributed by atoms with Crippen molar-refractivity contribution < 1.29 is 19.4 Å². The maximum Gasteiger partial charge on any atom is 0.341 e. The quantitative estimate of drug-likeness (QED) is 0.905. The van der Waals surface area contributed by atoms with Crippen LogP contribution in [0.1, 0.15) is 22.5 Å². The van der Waals surface area contributed by atoms with E-state index in [-0.39, 0.29) is 11.7 Å². The second-order valence-corrected chi connectivity index (χ2v) is 4.82. The van der Waals surface area contributed by atoms with Gasteiger partial charge in [-0.1, -0.05) is 0 Å². The molecule has 0 aliphatic carbocycles. The fourth-order valence-corrected chi connectivity index (χ4v) is 2.43. The molecule has 3 rings (SSSR count). The van der Waals surface area contributed by atoms with Gasteiger partial charge in [-0.25, -0.2) is 9.78 Å². The van der Waals surface area contributed by atoms with Crippen molar-refractivity contribution in [1.82, 2.24) is 14.8 Å². The van der Waals surface area contributed by atoms with Crippen molar-refractivity contribution in [2.24, 2.45) is 7.05 Å². The Hall–Kier alpha value is -2.15. The third-order valence-corrected chi connectivity index (χ3v) is 3.38. The second-order valence-electron chi connectivity index (χ2n) is 4.82. The maximum atomic E-state index is 11.4. The van der Waals surface area contributed by atoms with Crippen LogP contribution in [0, 0.1) is 6.92 Å². The Balaban J connectivity index is 2.17. The van der Waals surface area contributed by atoms with E-state index in [1.54, 1.807) is 11.7 Å². The topological polar surface area (TPSA) is 86.5 Å². The highest BCUT2D eigenvalue weighted by Gasteiger charge is 2.25. The molecule has 2 aromatic heterocycles. The summed E-state index contributed by atoms with van der Waals surface area (Å²) in [6, 6.07) is 0. The average Bonchev–Trinajstić information content (AvgIpc) is 2.99. The van der Waals surface area contributed by atoms with Crippen molar-refractivity contribution in [1.29, 1.82) is 0 Å². The predicted molar refractivity (Wildman–Crippen MR) is 70.1 cm³/mol. The summed E-state index contributed by atoms with van der Waals surface area (Å²) < 4.78 is 12.8. The lowest BCUT2D eigenvalue weighted by atomic mass is 10.1. The molecule has 7 nitrogen and oxygen atoms in total. The molecular weight excluding hydrogens is 262 g/mol. The van der Waals surface area contributed by atoms with E-state index in [4.69, 9.17) is 9.47 Å². The fraction of sp³-hybridized carbons (Fsp3) is 0.462. The van der Waals surface area contributed by atoms with Gasteiger partial charge >= 0.3 is 5.97 Å². The first-order valence-corrected chi connectivity index (χ1v) is 6.38. The SMILES string of the molecule is Cc1nn(C)c2ncc(C(=O)O)c(OC3CCOC3)c12. The van der Waals surface area contributed by atoms with Crippen molar-refractivity contribution in [2.45, 2.75) is 19.4 Å². The highest BCUT2D eigenvalue weighted by Crippen LogP contribution is 2.32. The highest BCUT2D eigenvalue weighted by atomic mass is 16.5. The van der Waals surface area contributed by atoms with E-state index >= 15 is 0 Å².